The minimum Gasteiger partial charge on any atom is -0.494 e. The van der Waals surface area contributed by atoms with Crippen LogP contribution in [-0.2, 0) is 13.0 Å². The van der Waals surface area contributed by atoms with Crippen LogP contribution in [-0.4, -0.2) is 23.3 Å². The summed E-state index contributed by atoms with van der Waals surface area (Å²) in [5, 5.41) is 2.75. The standard InChI is InChI=1S/C21H24N2O4/c1-2-3-10-27-15-7-4-6-14(11-15)13-22-20(25)17-12-16-18(23-21(17)26)8-5-9-19(16)24/h4,6-7,11-12H,2-3,5,8-10,13H2,1H3,(H,22,25)(H,23,26). The van der Waals surface area contributed by atoms with E-state index in [4.69, 9.17) is 4.74 Å². The van der Waals surface area contributed by atoms with Gasteiger partial charge in [-0.3, -0.25) is 14.4 Å². The van der Waals surface area contributed by atoms with Crippen LogP contribution in [0.25, 0.3) is 0 Å². The van der Waals surface area contributed by atoms with Crippen molar-refractivity contribution in [1.82, 2.24) is 10.3 Å². The van der Waals surface area contributed by atoms with E-state index in [0.29, 0.717) is 30.7 Å². The van der Waals surface area contributed by atoms with Crippen LogP contribution in [0.15, 0.2) is 35.1 Å². The summed E-state index contributed by atoms with van der Waals surface area (Å²) in [7, 11) is 0. The van der Waals surface area contributed by atoms with Gasteiger partial charge < -0.3 is 15.0 Å². The van der Waals surface area contributed by atoms with Crippen LogP contribution in [0, 0.1) is 0 Å². The lowest BCUT2D eigenvalue weighted by atomic mass is 9.93. The Morgan fingerprint density at radius 1 is 1.22 bits per heavy atom. The number of carbonyl (C=O) groups excluding carboxylic acids is 2. The zero-order valence-electron chi connectivity index (χ0n) is 15.5. The zero-order chi connectivity index (χ0) is 19.2. The number of benzene rings is 1. The Kier molecular flexibility index (Phi) is 6.06. The maximum absolute atomic E-state index is 12.5. The first-order chi connectivity index (χ1) is 13.1. The number of rotatable bonds is 7. The van der Waals surface area contributed by atoms with Gasteiger partial charge in [-0.2, -0.15) is 0 Å². The monoisotopic (exact) mass is 368 g/mol. The molecule has 6 heteroatoms. The van der Waals surface area contributed by atoms with E-state index in [9.17, 15) is 14.4 Å². The van der Waals surface area contributed by atoms with Crippen molar-refractivity contribution in [2.75, 3.05) is 6.61 Å². The van der Waals surface area contributed by atoms with Crippen molar-refractivity contribution >= 4 is 11.7 Å². The van der Waals surface area contributed by atoms with E-state index in [2.05, 4.69) is 17.2 Å². The maximum atomic E-state index is 12.5. The molecule has 0 radical (unpaired) electrons. The molecule has 0 bridgehead atoms. The third-order valence-electron chi connectivity index (χ3n) is 4.62. The molecule has 1 aliphatic carbocycles. The van der Waals surface area contributed by atoms with E-state index in [1.165, 1.54) is 6.07 Å². The van der Waals surface area contributed by atoms with Crippen LogP contribution >= 0.6 is 0 Å². The summed E-state index contributed by atoms with van der Waals surface area (Å²) in [6.45, 7) is 3.03. The summed E-state index contributed by atoms with van der Waals surface area (Å²) in [6.07, 6.45) is 3.88. The number of aromatic nitrogens is 1. The van der Waals surface area contributed by atoms with Crippen molar-refractivity contribution in [3.05, 3.63) is 63.1 Å². The molecule has 0 spiro atoms. The Labute approximate surface area is 157 Å². The van der Waals surface area contributed by atoms with Gasteiger partial charge in [0.15, 0.2) is 5.78 Å². The first-order valence-corrected chi connectivity index (χ1v) is 9.38. The van der Waals surface area contributed by atoms with Crippen LogP contribution in [0.4, 0.5) is 0 Å². The SMILES string of the molecule is CCCCOc1cccc(CNC(=O)c2cc3c([nH]c2=O)CCCC3=O)c1. The molecule has 1 heterocycles. The number of aromatic amines is 1. The molecule has 2 N–H and O–H groups in total. The van der Waals surface area contributed by atoms with E-state index in [0.717, 1.165) is 30.6 Å². The first-order valence-electron chi connectivity index (χ1n) is 9.38. The average Bonchev–Trinajstić information content (AvgIpc) is 2.66. The summed E-state index contributed by atoms with van der Waals surface area (Å²) in [4.78, 5) is 39.4. The van der Waals surface area contributed by atoms with Gasteiger partial charge in [-0.15, -0.1) is 0 Å². The van der Waals surface area contributed by atoms with Crippen LogP contribution < -0.4 is 15.6 Å². The second kappa shape index (κ2) is 8.66. The van der Waals surface area contributed by atoms with Crippen molar-refractivity contribution in [2.45, 2.75) is 45.6 Å². The summed E-state index contributed by atoms with van der Waals surface area (Å²) in [5.74, 6) is 0.237. The largest absolute Gasteiger partial charge is 0.494 e. The van der Waals surface area contributed by atoms with Crippen LogP contribution in [0.5, 0.6) is 5.75 Å². The molecule has 0 saturated heterocycles. The zero-order valence-corrected chi connectivity index (χ0v) is 15.5. The number of carbonyl (C=O) groups is 2. The van der Waals surface area contributed by atoms with Crippen molar-refractivity contribution < 1.29 is 14.3 Å². The minimum atomic E-state index is -0.491. The number of hydrogen-bond acceptors (Lipinski definition) is 4. The van der Waals surface area contributed by atoms with E-state index in [1.807, 2.05) is 24.3 Å². The first kappa shape index (κ1) is 18.9. The molecule has 0 saturated carbocycles. The average molecular weight is 368 g/mol. The Hall–Kier alpha value is -2.89. The number of unbranched alkanes of at least 4 members (excludes halogenated alkanes) is 1. The molecule has 0 fully saturated rings. The highest BCUT2D eigenvalue weighted by atomic mass is 16.5. The van der Waals surface area contributed by atoms with Gasteiger partial charge in [0.25, 0.3) is 11.5 Å². The van der Waals surface area contributed by atoms with Gasteiger partial charge in [0.2, 0.25) is 0 Å². The number of pyridine rings is 1. The fourth-order valence-electron chi connectivity index (χ4n) is 3.10. The number of fused-ring (bicyclic) bond motifs is 1. The third-order valence-corrected chi connectivity index (χ3v) is 4.62. The third kappa shape index (κ3) is 4.64. The summed E-state index contributed by atoms with van der Waals surface area (Å²) in [6, 6.07) is 8.92. The molecule has 1 amide bonds. The molecule has 1 aliphatic rings. The normalized spacial score (nSPS) is 13.1. The van der Waals surface area contributed by atoms with E-state index in [-0.39, 0.29) is 17.9 Å². The molecule has 0 unspecified atom stereocenters. The van der Waals surface area contributed by atoms with E-state index < -0.39 is 11.5 Å². The number of amides is 1. The fraction of sp³-hybridized carbons (Fsp3) is 0.381. The highest BCUT2D eigenvalue weighted by molar-refractivity contribution is 6.01. The van der Waals surface area contributed by atoms with Crippen molar-refractivity contribution in [1.29, 1.82) is 0 Å². The molecule has 1 aromatic carbocycles. The van der Waals surface area contributed by atoms with Crippen molar-refractivity contribution in [2.24, 2.45) is 0 Å². The van der Waals surface area contributed by atoms with Gasteiger partial charge in [-0.05, 0) is 43.0 Å². The lowest BCUT2D eigenvalue weighted by Crippen LogP contribution is -2.31. The van der Waals surface area contributed by atoms with Crippen LogP contribution in [0.3, 0.4) is 0 Å². The number of aryl methyl sites for hydroxylation is 1. The van der Waals surface area contributed by atoms with Gasteiger partial charge in [0.1, 0.15) is 11.3 Å². The fourth-order valence-corrected chi connectivity index (χ4v) is 3.10. The molecule has 6 nitrogen and oxygen atoms in total. The lowest BCUT2D eigenvalue weighted by molar-refractivity contribution is 0.0949. The van der Waals surface area contributed by atoms with Gasteiger partial charge in [-0.25, -0.2) is 0 Å². The molecule has 3 rings (SSSR count). The van der Waals surface area contributed by atoms with E-state index in [1.54, 1.807) is 0 Å². The van der Waals surface area contributed by atoms with Gasteiger partial charge >= 0.3 is 0 Å². The van der Waals surface area contributed by atoms with Crippen LogP contribution in [0.1, 0.15) is 64.6 Å². The highest BCUT2D eigenvalue weighted by Gasteiger charge is 2.21. The smallest absolute Gasteiger partial charge is 0.261 e. The maximum Gasteiger partial charge on any atom is 0.261 e. The number of ether oxygens (including phenoxy) is 1. The molecule has 0 atom stereocenters. The number of nitrogens with one attached hydrogen (secondary N) is 2. The summed E-state index contributed by atoms with van der Waals surface area (Å²) in [5.41, 5.74) is 1.47. The molecular weight excluding hydrogens is 344 g/mol. The molecular formula is C21H24N2O4. The quantitative estimate of drug-likeness (QED) is 0.736. The highest BCUT2D eigenvalue weighted by Crippen LogP contribution is 2.19. The Morgan fingerprint density at radius 2 is 2.07 bits per heavy atom. The predicted octanol–water partition coefficient (Wildman–Crippen LogP) is 3.00. The van der Waals surface area contributed by atoms with Gasteiger partial charge in [0.05, 0.1) is 6.61 Å². The van der Waals surface area contributed by atoms with Gasteiger partial charge in [-0.1, -0.05) is 25.5 Å². The molecule has 2 aromatic rings. The van der Waals surface area contributed by atoms with Crippen molar-refractivity contribution in [3.8, 4) is 5.75 Å². The van der Waals surface area contributed by atoms with Crippen molar-refractivity contribution in [3.63, 3.8) is 0 Å². The minimum absolute atomic E-state index is 0.0284. The topological polar surface area (TPSA) is 88.3 Å². The Balaban J connectivity index is 1.68. The number of Topliss-reactive ketones (excluding diaryl/α,β-unsaturated/α-hetero) is 1. The molecule has 27 heavy (non-hydrogen) atoms. The second-order valence-corrected chi connectivity index (χ2v) is 6.71. The second-order valence-electron chi connectivity index (χ2n) is 6.71. The Morgan fingerprint density at radius 3 is 2.89 bits per heavy atom. The lowest BCUT2D eigenvalue weighted by Gasteiger charge is -2.15. The number of hydrogen-bond donors (Lipinski definition) is 2. The predicted molar refractivity (Wildman–Crippen MR) is 102 cm³/mol. The molecule has 142 valence electrons. The number of ketones is 1. The Bertz CT molecular complexity index is 901. The molecule has 0 aliphatic heterocycles. The van der Waals surface area contributed by atoms with E-state index >= 15 is 0 Å². The van der Waals surface area contributed by atoms with Gasteiger partial charge in [0, 0.05) is 24.2 Å². The molecule has 1 aromatic heterocycles. The number of H-pyrrole nitrogens is 1. The summed E-state index contributed by atoms with van der Waals surface area (Å²) < 4.78 is 5.67. The van der Waals surface area contributed by atoms with Crippen LogP contribution in [0.2, 0.25) is 0 Å². The summed E-state index contributed by atoms with van der Waals surface area (Å²) >= 11 is 0.